The zero-order chi connectivity index (χ0) is 18.4. The lowest BCUT2D eigenvalue weighted by atomic mass is 10.1. The van der Waals surface area contributed by atoms with Crippen LogP contribution < -0.4 is 14.8 Å². The van der Waals surface area contributed by atoms with E-state index in [0.717, 1.165) is 11.3 Å². The number of aromatic carboxylic acids is 1. The summed E-state index contributed by atoms with van der Waals surface area (Å²) in [7, 11) is 1.82. The first kappa shape index (κ1) is 16.5. The monoisotopic (exact) mass is 373 g/mol. The molecular weight excluding hydrogens is 358 g/mol. The second-order valence-corrected chi connectivity index (χ2v) is 6.41. The Balaban J connectivity index is 1.91. The SMILES string of the molecule is Cc1cccc(Cl)c1Nc1nc2cc(C(=O)O)c3c(c2n1C)OCCO3. The van der Waals surface area contributed by atoms with Crippen LogP contribution in [0.3, 0.4) is 0 Å². The Kier molecular flexibility index (Phi) is 3.88. The van der Waals surface area contributed by atoms with Gasteiger partial charge in [0.25, 0.3) is 0 Å². The van der Waals surface area contributed by atoms with Crippen molar-refractivity contribution in [2.75, 3.05) is 18.5 Å². The lowest BCUT2D eigenvalue weighted by Gasteiger charge is -2.21. The Labute approximate surface area is 154 Å². The van der Waals surface area contributed by atoms with Crippen molar-refractivity contribution in [2.24, 2.45) is 7.05 Å². The molecule has 3 aromatic rings. The molecule has 134 valence electrons. The molecule has 2 heterocycles. The van der Waals surface area contributed by atoms with Gasteiger partial charge in [0.1, 0.15) is 24.3 Å². The molecule has 0 spiro atoms. The van der Waals surface area contributed by atoms with Crippen molar-refractivity contribution in [3.05, 3.63) is 40.4 Å². The number of nitrogens with one attached hydrogen (secondary N) is 1. The fourth-order valence-corrected chi connectivity index (χ4v) is 3.33. The summed E-state index contributed by atoms with van der Waals surface area (Å²) in [6.07, 6.45) is 0. The van der Waals surface area contributed by atoms with Gasteiger partial charge in [-0.25, -0.2) is 9.78 Å². The van der Waals surface area contributed by atoms with E-state index in [1.54, 1.807) is 10.6 Å². The summed E-state index contributed by atoms with van der Waals surface area (Å²) in [6.45, 7) is 2.60. The number of aryl methyl sites for hydroxylation is 2. The number of nitrogens with zero attached hydrogens (tertiary/aromatic N) is 2. The molecule has 0 saturated heterocycles. The van der Waals surface area contributed by atoms with Crippen LogP contribution in [0.4, 0.5) is 11.6 Å². The van der Waals surface area contributed by atoms with E-state index < -0.39 is 5.97 Å². The molecule has 0 saturated carbocycles. The van der Waals surface area contributed by atoms with Gasteiger partial charge in [-0.3, -0.25) is 0 Å². The Morgan fingerprint density at radius 1 is 1.31 bits per heavy atom. The first-order valence-electron chi connectivity index (χ1n) is 8.02. The number of hydrogen-bond donors (Lipinski definition) is 2. The molecule has 26 heavy (non-hydrogen) atoms. The molecule has 0 bridgehead atoms. The van der Waals surface area contributed by atoms with E-state index in [4.69, 9.17) is 21.1 Å². The fraction of sp³-hybridized carbons (Fsp3) is 0.222. The molecule has 2 aromatic carbocycles. The zero-order valence-corrected chi connectivity index (χ0v) is 14.9. The van der Waals surface area contributed by atoms with E-state index in [1.807, 2.05) is 26.1 Å². The minimum absolute atomic E-state index is 0.0331. The van der Waals surface area contributed by atoms with Gasteiger partial charge in [0.15, 0.2) is 11.5 Å². The highest BCUT2D eigenvalue weighted by molar-refractivity contribution is 6.33. The van der Waals surface area contributed by atoms with Crippen LogP contribution in [0.15, 0.2) is 24.3 Å². The lowest BCUT2D eigenvalue weighted by molar-refractivity contribution is 0.0686. The van der Waals surface area contributed by atoms with Gasteiger partial charge in [-0.1, -0.05) is 23.7 Å². The van der Waals surface area contributed by atoms with Crippen LogP contribution in [0.2, 0.25) is 5.02 Å². The van der Waals surface area contributed by atoms with E-state index in [9.17, 15) is 9.90 Å². The van der Waals surface area contributed by atoms with Crippen molar-refractivity contribution in [1.29, 1.82) is 0 Å². The van der Waals surface area contributed by atoms with Crippen LogP contribution in [0, 0.1) is 6.92 Å². The first-order chi connectivity index (χ1) is 12.5. The molecule has 0 unspecified atom stereocenters. The average Bonchev–Trinajstić information content (AvgIpc) is 2.93. The number of halogens is 1. The normalized spacial score (nSPS) is 13.0. The fourth-order valence-electron chi connectivity index (χ4n) is 3.06. The first-order valence-corrected chi connectivity index (χ1v) is 8.39. The van der Waals surface area contributed by atoms with Crippen molar-refractivity contribution in [1.82, 2.24) is 9.55 Å². The average molecular weight is 374 g/mol. The highest BCUT2D eigenvalue weighted by Crippen LogP contribution is 2.42. The number of aromatic nitrogens is 2. The molecule has 0 fully saturated rings. The summed E-state index contributed by atoms with van der Waals surface area (Å²) < 4.78 is 13.1. The van der Waals surface area contributed by atoms with Crippen LogP contribution in [0.1, 0.15) is 15.9 Å². The van der Waals surface area contributed by atoms with E-state index in [1.165, 1.54) is 6.07 Å². The number of benzene rings is 2. The number of carboxylic acid groups (broad SMARTS) is 1. The lowest BCUT2D eigenvalue weighted by Crippen LogP contribution is -2.18. The standard InChI is InChI=1S/C18H16ClN3O4/c1-9-4-3-5-11(19)13(9)21-18-20-12-8-10(17(23)24)15-16(14(12)22(18)2)26-7-6-25-15/h3-5,8H,6-7H2,1-2H3,(H,20,21)(H,23,24). The molecule has 8 heteroatoms. The van der Waals surface area contributed by atoms with Crippen molar-refractivity contribution >= 4 is 40.2 Å². The van der Waals surface area contributed by atoms with Gasteiger partial charge in [0.05, 0.1) is 16.2 Å². The van der Waals surface area contributed by atoms with Crippen molar-refractivity contribution in [2.45, 2.75) is 6.92 Å². The molecule has 2 N–H and O–H groups in total. The highest BCUT2D eigenvalue weighted by atomic mass is 35.5. The number of hydrogen-bond acceptors (Lipinski definition) is 5. The zero-order valence-electron chi connectivity index (χ0n) is 14.2. The van der Waals surface area contributed by atoms with Gasteiger partial charge in [0.2, 0.25) is 5.95 Å². The smallest absolute Gasteiger partial charge is 0.339 e. The number of anilines is 2. The van der Waals surface area contributed by atoms with Crippen LogP contribution in [0.5, 0.6) is 11.5 Å². The minimum atomic E-state index is -1.09. The molecule has 0 atom stereocenters. The van der Waals surface area contributed by atoms with Gasteiger partial charge in [0, 0.05) is 7.05 Å². The topological polar surface area (TPSA) is 85.6 Å². The van der Waals surface area contributed by atoms with Crippen molar-refractivity contribution in [3.8, 4) is 11.5 Å². The summed E-state index contributed by atoms with van der Waals surface area (Å²) in [6, 6.07) is 7.10. The predicted octanol–water partition coefficient (Wildman–Crippen LogP) is 3.75. The van der Waals surface area contributed by atoms with Crippen molar-refractivity contribution in [3.63, 3.8) is 0 Å². The summed E-state index contributed by atoms with van der Waals surface area (Å²) in [5.74, 6) is 0.0654. The van der Waals surface area contributed by atoms with Gasteiger partial charge in [-0.05, 0) is 24.6 Å². The van der Waals surface area contributed by atoms with Gasteiger partial charge >= 0.3 is 5.97 Å². The number of rotatable bonds is 3. The maximum Gasteiger partial charge on any atom is 0.339 e. The summed E-state index contributed by atoms with van der Waals surface area (Å²) in [4.78, 5) is 16.1. The van der Waals surface area contributed by atoms with Gasteiger partial charge < -0.3 is 24.5 Å². The summed E-state index contributed by atoms with van der Waals surface area (Å²) in [5.41, 5.74) is 2.92. The Hall–Kier alpha value is -2.93. The molecule has 4 rings (SSSR count). The predicted molar refractivity (Wildman–Crippen MR) is 98.1 cm³/mol. The van der Waals surface area contributed by atoms with Crippen LogP contribution in [-0.2, 0) is 7.05 Å². The maximum atomic E-state index is 11.6. The number of carbonyl (C=O) groups is 1. The molecule has 0 radical (unpaired) electrons. The van der Waals surface area contributed by atoms with Crippen LogP contribution >= 0.6 is 11.6 Å². The third-order valence-corrected chi connectivity index (χ3v) is 4.65. The Morgan fingerprint density at radius 3 is 2.73 bits per heavy atom. The number of imidazole rings is 1. The molecule has 7 nitrogen and oxygen atoms in total. The molecular formula is C18H16ClN3O4. The number of carboxylic acids is 1. The van der Waals surface area contributed by atoms with E-state index in [0.29, 0.717) is 41.0 Å². The van der Waals surface area contributed by atoms with Gasteiger partial charge in [-0.15, -0.1) is 0 Å². The van der Waals surface area contributed by atoms with Gasteiger partial charge in [-0.2, -0.15) is 0 Å². The highest BCUT2D eigenvalue weighted by Gasteiger charge is 2.27. The third kappa shape index (κ3) is 2.52. The maximum absolute atomic E-state index is 11.6. The second kappa shape index (κ2) is 6.10. The molecule has 1 aliphatic heterocycles. The molecule has 0 aliphatic carbocycles. The molecule has 1 aromatic heterocycles. The number of para-hydroxylation sites is 1. The summed E-state index contributed by atoms with van der Waals surface area (Å²) in [5, 5.41) is 13.3. The molecule has 1 aliphatic rings. The minimum Gasteiger partial charge on any atom is -0.485 e. The van der Waals surface area contributed by atoms with Crippen molar-refractivity contribution < 1.29 is 19.4 Å². The van der Waals surface area contributed by atoms with E-state index >= 15 is 0 Å². The molecule has 0 amide bonds. The summed E-state index contributed by atoms with van der Waals surface area (Å²) >= 11 is 6.29. The Morgan fingerprint density at radius 2 is 2.04 bits per heavy atom. The van der Waals surface area contributed by atoms with E-state index in [2.05, 4.69) is 10.3 Å². The third-order valence-electron chi connectivity index (χ3n) is 4.33. The Bertz CT molecular complexity index is 1020. The quantitative estimate of drug-likeness (QED) is 0.727. The van der Waals surface area contributed by atoms with E-state index in [-0.39, 0.29) is 11.3 Å². The van der Waals surface area contributed by atoms with Crippen LogP contribution in [0.25, 0.3) is 11.0 Å². The van der Waals surface area contributed by atoms with Crippen LogP contribution in [-0.4, -0.2) is 33.8 Å². The number of ether oxygens (including phenoxy) is 2. The largest absolute Gasteiger partial charge is 0.485 e. The number of fused-ring (bicyclic) bond motifs is 3. The second-order valence-electron chi connectivity index (χ2n) is 6.00.